The average Bonchev–Trinajstić information content (AvgIpc) is 2.90. The van der Waals surface area contributed by atoms with Crippen molar-refractivity contribution in [2.24, 2.45) is 0 Å². The maximum absolute atomic E-state index is 11.8. The number of carbonyl (C=O) groups is 2. The fourth-order valence-electron chi connectivity index (χ4n) is 1.94. The molecule has 1 aromatic heterocycles. The largest absolute Gasteiger partial charge is 0.477 e. The lowest BCUT2D eigenvalue weighted by molar-refractivity contribution is -0.116. The summed E-state index contributed by atoms with van der Waals surface area (Å²) in [6.45, 7) is 3.97. The molecule has 1 aromatic carbocycles. The second-order valence-electron chi connectivity index (χ2n) is 5.02. The van der Waals surface area contributed by atoms with Crippen LogP contribution < -0.4 is 5.32 Å². The molecule has 5 nitrogen and oxygen atoms in total. The molecule has 0 aliphatic heterocycles. The molecular formula is C16H18N2O3S. The number of thiazole rings is 1. The smallest absolute Gasteiger partial charge is 0.348 e. The number of carbonyl (C=O) groups excluding carboxylic acids is 1. The molecule has 22 heavy (non-hydrogen) atoms. The lowest BCUT2D eigenvalue weighted by atomic mass is 10.1. The Bertz CT molecular complexity index is 677. The van der Waals surface area contributed by atoms with E-state index in [1.807, 2.05) is 38.1 Å². The number of benzene rings is 1. The Kier molecular flexibility index (Phi) is 5.27. The summed E-state index contributed by atoms with van der Waals surface area (Å²) < 4.78 is 0. The Morgan fingerprint density at radius 1 is 1.27 bits per heavy atom. The topological polar surface area (TPSA) is 79.3 Å². The van der Waals surface area contributed by atoms with Gasteiger partial charge >= 0.3 is 5.97 Å². The first-order valence-corrected chi connectivity index (χ1v) is 7.94. The van der Waals surface area contributed by atoms with Gasteiger partial charge in [-0.15, -0.1) is 0 Å². The van der Waals surface area contributed by atoms with Crippen molar-refractivity contribution in [3.8, 4) is 11.3 Å². The third-order valence-corrected chi connectivity index (χ3v) is 4.11. The van der Waals surface area contributed by atoms with Crippen LogP contribution in [0.4, 0.5) is 5.13 Å². The van der Waals surface area contributed by atoms with Crippen LogP contribution in [-0.4, -0.2) is 22.0 Å². The Hall–Kier alpha value is -2.21. The van der Waals surface area contributed by atoms with Crippen molar-refractivity contribution in [3.05, 3.63) is 34.7 Å². The molecule has 1 heterocycles. The molecule has 2 aromatic rings. The zero-order valence-electron chi connectivity index (χ0n) is 12.5. The SMILES string of the molecule is CCCCC(=O)Nc1nc(-c2ccc(C)cc2)c(C(=O)O)s1. The fraction of sp³-hybridized carbons (Fsp3) is 0.312. The van der Waals surface area contributed by atoms with E-state index in [4.69, 9.17) is 0 Å². The van der Waals surface area contributed by atoms with Crippen molar-refractivity contribution in [3.63, 3.8) is 0 Å². The second-order valence-corrected chi connectivity index (χ2v) is 6.02. The molecule has 116 valence electrons. The van der Waals surface area contributed by atoms with E-state index in [1.165, 1.54) is 0 Å². The summed E-state index contributed by atoms with van der Waals surface area (Å²) in [4.78, 5) is 27.6. The van der Waals surface area contributed by atoms with Gasteiger partial charge in [-0.2, -0.15) is 0 Å². The monoisotopic (exact) mass is 318 g/mol. The van der Waals surface area contributed by atoms with Gasteiger partial charge < -0.3 is 10.4 Å². The van der Waals surface area contributed by atoms with E-state index in [2.05, 4.69) is 10.3 Å². The second kappa shape index (κ2) is 7.17. The highest BCUT2D eigenvalue weighted by Crippen LogP contribution is 2.31. The number of hydrogen-bond donors (Lipinski definition) is 2. The Morgan fingerprint density at radius 3 is 2.55 bits per heavy atom. The van der Waals surface area contributed by atoms with Crippen LogP contribution in [0.5, 0.6) is 0 Å². The standard InChI is InChI=1S/C16H18N2O3S/c1-3-4-5-12(19)17-16-18-13(14(22-16)15(20)21)11-8-6-10(2)7-9-11/h6-9H,3-5H2,1-2H3,(H,20,21)(H,17,18,19). The minimum atomic E-state index is -1.04. The number of anilines is 1. The van der Waals surface area contributed by atoms with Gasteiger partial charge in [0, 0.05) is 12.0 Å². The molecule has 6 heteroatoms. The minimum absolute atomic E-state index is 0.134. The Morgan fingerprint density at radius 2 is 1.95 bits per heavy atom. The van der Waals surface area contributed by atoms with Crippen LogP contribution in [0.15, 0.2) is 24.3 Å². The lowest BCUT2D eigenvalue weighted by Gasteiger charge is -2.00. The van der Waals surface area contributed by atoms with E-state index in [0.29, 0.717) is 17.2 Å². The first kappa shape index (κ1) is 16.2. The summed E-state index contributed by atoms with van der Waals surface area (Å²) in [5.41, 5.74) is 2.21. The molecule has 0 saturated heterocycles. The highest BCUT2D eigenvalue weighted by atomic mass is 32.1. The Labute approximate surface area is 133 Å². The molecule has 1 amide bonds. The maximum atomic E-state index is 11.8. The predicted octanol–water partition coefficient (Wildman–Crippen LogP) is 3.95. The molecule has 0 spiro atoms. The highest BCUT2D eigenvalue weighted by Gasteiger charge is 2.19. The molecule has 0 fully saturated rings. The van der Waals surface area contributed by atoms with Crippen LogP contribution in [0.25, 0.3) is 11.3 Å². The lowest BCUT2D eigenvalue weighted by Crippen LogP contribution is -2.10. The number of nitrogens with one attached hydrogen (secondary N) is 1. The molecule has 0 bridgehead atoms. The van der Waals surface area contributed by atoms with E-state index in [9.17, 15) is 14.7 Å². The summed E-state index contributed by atoms with van der Waals surface area (Å²) in [6.07, 6.45) is 2.15. The van der Waals surface area contributed by atoms with Gasteiger partial charge in [0.15, 0.2) is 5.13 Å². The molecule has 2 N–H and O–H groups in total. The van der Waals surface area contributed by atoms with Gasteiger partial charge in [-0.25, -0.2) is 9.78 Å². The number of carboxylic acid groups (broad SMARTS) is 1. The molecule has 0 radical (unpaired) electrons. The van der Waals surface area contributed by atoms with Gasteiger partial charge in [-0.05, 0) is 13.3 Å². The number of nitrogens with zero attached hydrogens (tertiary/aromatic N) is 1. The molecule has 0 atom stereocenters. The molecule has 2 rings (SSSR count). The number of amides is 1. The summed E-state index contributed by atoms with van der Waals surface area (Å²) in [5, 5.41) is 12.3. The van der Waals surface area contributed by atoms with Crippen molar-refractivity contribution >= 4 is 28.3 Å². The van der Waals surface area contributed by atoms with Crippen LogP contribution >= 0.6 is 11.3 Å². The summed E-state index contributed by atoms with van der Waals surface area (Å²) in [7, 11) is 0. The molecule has 0 unspecified atom stereocenters. The van der Waals surface area contributed by atoms with Crippen molar-refractivity contribution in [2.45, 2.75) is 33.1 Å². The van der Waals surface area contributed by atoms with Crippen LogP contribution in [0.2, 0.25) is 0 Å². The van der Waals surface area contributed by atoms with Crippen LogP contribution in [0, 0.1) is 6.92 Å². The Balaban J connectivity index is 2.28. The highest BCUT2D eigenvalue weighted by molar-refractivity contribution is 7.18. The number of aromatic carboxylic acids is 1. The van der Waals surface area contributed by atoms with Crippen molar-refractivity contribution in [1.82, 2.24) is 4.98 Å². The third kappa shape index (κ3) is 3.92. The van der Waals surface area contributed by atoms with E-state index in [-0.39, 0.29) is 10.8 Å². The van der Waals surface area contributed by atoms with Crippen molar-refractivity contribution in [2.75, 3.05) is 5.32 Å². The number of aryl methyl sites for hydroxylation is 1. The molecule has 0 aliphatic rings. The fourth-order valence-corrected chi connectivity index (χ4v) is 2.79. The molecular weight excluding hydrogens is 300 g/mol. The maximum Gasteiger partial charge on any atom is 0.348 e. The molecule has 0 saturated carbocycles. The van der Waals surface area contributed by atoms with Gasteiger partial charge in [0.1, 0.15) is 4.88 Å². The van der Waals surface area contributed by atoms with Crippen LogP contribution in [-0.2, 0) is 4.79 Å². The normalized spacial score (nSPS) is 10.5. The zero-order chi connectivity index (χ0) is 16.1. The first-order chi connectivity index (χ1) is 10.5. The van der Waals surface area contributed by atoms with E-state index >= 15 is 0 Å². The third-order valence-electron chi connectivity index (χ3n) is 3.15. The van der Waals surface area contributed by atoms with Gasteiger partial charge in [0.05, 0.1) is 5.69 Å². The van der Waals surface area contributed by atoms with Gasteiger partial charge in [-0.3, -0.25) is 4.79 Å². The van der Waals surface area contributed by atoms with E-state index in [0.717, 1.165) is 35.3 Å². The van der Waals surface area contributed by atoms with Gasteiger partial charge in [0.2, 0.25) is 5.91 Å². The number of hydrogen-bond acceptors (Lipinski definition) is 4. The number of aromatic nitrogens is 1. The predicted molar refractivity (Wildman–Crippen MR) is 87.4 cm³/mol. The number of unbranched alkanes of at least 4 members (excludes halogenated alkanes) is 1. The van der Waals surface area contributed by atoms with E-state index < -0.39 is 5.97 Å². The quantitative estimate of drug-likeness (QED) is 0.845. The van der Waals surface area contributed by atoms with Crippen molar-refractivity contribution < 1.29 is 14.7 Å². The number of carboxylic acids is 1. The van der Waals surface area contributed by atoms with E-state index in [1.54, 1.807) is 0 Å². The summed E-state index contributed by atoms with van der Waals surface area (Å²) in [6, 6.07) is 7.47. The molecule has 0 aliphatic carbocycles. The van der Waals surface area contributed by atoms with Gasteiger partial charge in [-0.1, -0.05) is 54.5 Å². The summed E-state index contributed by atoms with van der Waals surface area (Å²) in [5.74, 6) is -1.18. The first-order valence-electron chi connectivity index (χ1n) is 7.12. The van der Waals surface area contributed by atoms with Crippen LogP contribution in [0.1, 0.15) is 41.4 Å². The average molecular weight is 318 g/mol. The van der Waals surface area contributed by atoms with Crippen molar-refractivity contribution in [1.29, 1.82) is 0 Å². The zero-order valence-corrected chi connectivity index (χ0v) is 13.4. The van der Waals surface area contributed by atoms with Gasteiger partial charge in [0.25, 0.3) is 0 Å². The number of rotatable bonds is 6. The minimum Gasteiger partial charge on any atom is -0.477 e. The summed E-state index contributed by atoms with van der Waals surface area (Å²) >= 11 is 0.986. The van der Waals surface area contributed by atoms with Crippen LogP contribution in [0.3, 0.4) is 0 Å².